The lowest BCUT2D eigenvalue weighted by molar-refractivity contribution is -0.107. The molecule has 0 spiro atoms. The van der Waals surface area contributed by atoms with Gasteiger partial charge in [0.15, 0.2) is 0 Å². The van der Waals surface area contributed by atoms with Crippen LogP contribution in [0.2, 0.25) is 10.0 Å². The fourth-order valence-electron chi connectivity index (χ4n) is 0.743. The van der Waals surface area contributed by atoms with Crippen LogP contribution in [-0.2, 0) is 11.2 Å². The molecule has 0 saturated carbocycles. The lowest BCUT2D eigenvalue weighted by atomic mass is 10.2. The zero-order chi connectivity index (χ0) is 8.97. The predicted molar refractivity (Wildman–Crippen MR) is 46.4 cm³/mol. The standard InChI is InChI=1S/C7H6Cl2N2O/c8-5-4-10-11-6(7(5)9)2-1-3-12/h3-4H,1-2H2. The van der Waals surface area contributed by atoms with Crippen molar-refractivity contribution in [1.29, 1.82) is 0 Å². The summed E-state index contributed by atoms with van der Waals surface area (Å²) in [5, 5.41) is 8.12. The summed E-state index contributed by atoms with van der Waals surface area (Å²) in [5.41, 5.74) is 0.566. The average molecular weight is 205 g/mol. The minimum Gasteiger partial charge on any atom is -0.303 e. The summed E-state index contributed by atoms with van der Waals surface area (Å²) in [6, 6.07) is 0. The van der Waals surface area contributed by atoms with Crippen molar-refractivity contribution >= 4 is 29.5 Å². The van der Waals surface area contributed by atoms with Gasteiger partial charge in [0.25, 0.3) is 0 Å². The second kappa shape index (κ2) is 4.38. The predicted octanol–water partition coefficient (Wildman–Crippen LogP) is 1.91. The van der Waals surface area contributed by atoms with E-state index in [9.17, 15) is 4.79 Å². The van der Waals surface area contributed by atoms with E-state index in [1.54, 1.807) is 0 Å². The summed E-state index contributed by atoms with van der Waals surface area (Å²) in [4.78, 5) is 10.1. The third-order valence-electron chi connectivity index (χ3n) is 1.31. The Balaban J connectivity index is 2.84. The Kier molecular flexibility index (Phi) is 3.44. The van der Waals surface area contributed by atoms with Gasteiger partial charge in [0, 0.05) is 6.42 Å². The first-order chi connectivity index (χ1) is 5.75. The van der Waals surface area contributed by atoms with Crippen molar-refractivity contribution in [2.75, 3.05) is 0 Å². The molecular formula is C7H6Cl2N2O. The Hall–Kier alpha value is -0.670. The third kappa shape index (κ3) is 2.16. The molecule has 1 aromatic heterocycles. The molecule has 0 amide bonds. The average Bonchev–Trinajstić information content (AvgIpc) is 2.08. The molecule has 0 bridgehead atoms. The fraction of sp³-hybridized carbons (Fsp3) is 0.286. The molecule has 0 radical (unpaired) electrons. The van der Waals surface area contributed by atoms with Crippen molar-refractivity contribution < 1.29 is 4.79 Å². The van der Waals surface area contributed by atoms with Crippen molar-refractivity contribution in [2.24, 2.45) is 0 Å². The van der Waals surface area contributed by atoms with Crippen molar-refractivity contribution in [2.45, 2.75) is 12.8 Å². The van der Waals surface area contributed by atoms with Crippen molar-refractivity contribution in [3.05, 3.63) is 21.9 Å². The SMILES string of the molecule is O=CCCc1nncc(Cl)c1Cl. The van der Waals surface area contributed by atoms with E-state index in [4.69, 9.17) is 23.2 Å². The second-order valence-corrected chi connectivity index (χ2v) is 2.94. The van der Waals surface area contributed by atoms with Crippen LogP contribution in [0.15, 0.2) is 6.20 Å². The minimum absolute atomic E-state index is 0.368. The smallest absolute Gasteiger partial charge is 0.120 e. The number of hydrogen-bond donors (Lipinski definition) is 0. The van der Waals surface area contributed by atoms with Gasteiger partial charge in [-0.05, 0) is 6.42 Å². The summed E-state index contributed by atoms with van der Waals surface area (Å²) >= 11 is 11.4. The Morgan fingerprint density at radius 1 is 1.50 bits per heavy atom. The van der Waals surface area contributed by atoms with E-state index in [-0.39, 0.29) is 0 Å². The number of aldehydes is 1. The third-order valence-corrected chi connectivity index (χ3v) is 2.12. The molecule has 0 saturated heterocycles. The molecule has 3 nitrogen and oxygen atoms in total. The van der Waals surface area contributed by atoms with E-state index < -0.39 is 0 Å². The molecule has 0 aliphatic rings. The molecule has 64 valence electrons. The Bertz CT molecular complexity index is 291. The van der Waals surface area contributed by atoms with Crippen LogP contribution < -0.4 is 0 Å². The summed E-state index contributed by atoms with van der Waals surface area (Å²) in [7, 11) is 0. The summed E-state index contributed by atoms with van der Waals surface area (Å²) < 4.78 is 0. The summed E-state index contributed by atoms with van der Waals surface area (Å²) in [6.45, 7) is 0. The van der Waals surface area contributed by atoms with Crippen LogP contribution in [0.4, 0.5) is 0 Å². The molecule has 1 heterocycles. The highest BCUT2D eigenvalue weighted by atomic mass is 35.5. The van der Waals surface area contributed by atoms with Gasteiger partial charge in [0.1, 0.15) is 6.29 Å². The van der Waals surface area contributed by atoms with E-state index in [1.807, 2.05) is 0 Å². The Morgan fingerprint density at radius 2 is 2.25 bits per heavy atom. The molecule has 0 N–H and O–H groups in total. The van der Waals surface area contributed by atoms with E-state index in [0.717, 1.165) is 6.29 Å². The first-order valence-electron chi connectivity index (χ1n) is 3.35. The highest BCUT2D eigenvalue weighted by Crippen LogP contribution is 2.23. The molecule has 0 aliphatic carbocycles. The van der Waals surface area contributed by atoms with E-state index in [0.29, 0.717) is 28.6 Å². The zero-order valence-electron chi connectivity index (χ0n) is 6.13. The first kappa shape index (κ1) is 9.42. The largest absolute Gasteiger partial charge is 0.303 e. The molecule has 1 aromatic rings. The summed E-state index contributed by atoms with van der Waals surface area (Å²) in [6.07, 6.45) is 3.04. The molecule has 0 atom stereocenters. The monoisotopic (exact) mass is 204 g/mol. The number of rotatable bonds is 3. The highest BCUT2D eigenvalue weighted by molar-refractivity contribution is 6.42. The fourth-order valence-corrected chi connectivity index (χ4v) is 1.08. The van der Waals surface area contributed by atoms with Gasteiger partial charge in [0.05, 0.1) is 21.9 Å². The van der Waals surface area contributed by atoms with Gasteiger partial charge in [-0.25, -0.2) is 0 Å². The van der Waals surface area contributed by atoms with Gasteiger partial charge in [-0.1, -0.05) is 23.2 Å². The molecule has 12 heavy (non-hydrogen) atoms. The molecule has 0 aliphatic heterocycles. The van der Waals surface area contributed by atoms with Crippen LogP contribution in [0, 0.1) is 0 Å². The van der Waals surface area contributed by atoms with Crippen molar-refractivity contribution in [3.63, 3.8) is 0 Å². The number of carbonyl (C=O) groups excluding carboxylic acids is 1. The second-order valence-electron chi connectivity index (χ2n) is 2.16. The van der Waals surface area contributed by atoms with Crippen LogP contribution >= 0.6 is 23.2 Å². The number of hydrogen-bond acceptors (Lipinski definition) is 3. The summed E-state index contributed by atoms with van der Waals surface area (Å²) in [5.74, 6) is 0. The minimum atomic E-state index is 0.368. The maximum absolute atomic E-state index is 10.1. The van der Waals surface area contributed by atoms with Gasteiger partial charge < -0.3 is 4.79 Å². The number of halogens is 2. The van der Waals surface area contributed by atoms with Gasteiger partial charge in [-0.3, -0.25) is 0 Å². The van der Waals surface area contributed by atoms with Gasteiger partial charge in [0.2, 0.25) is 0 Å². The highest BCUT2D eigenvalue weighted by Gasteiger charge is 2.05. The molecule has 5 heteroatoms. The van der Waals surface area contributed by atoms with Crippen LogP contribution in [0.25, 0.3) is 0 Å². The van der Waals surface area contributed by atoms with Crippen LogP contribution in [0.5, 0.6) is 0 Å². The normalized spacial score (nSPS) is 9.83. The molecular weight excluding hydrogens is 199 g/mol. The van der Waals surface area contributed by atoms with Gasteiger partial charge in [-0.2, -0.15) is 10.2 Å². The van der Waals surface area contributed by atoms with E-state index >= 15 is 0 Å². The lowest BCUT2D eigenvalue weighted by Gasteiger charge is -1.99. The maximum Gasteiger partial charge on any atom is 0.120 e. The Labute approximate surface area is 79.7 Å². The molecule has 0 unspecified atom stereocenters. The van der Waals surface area contributed by atoms with E-state index in [1.165, 1.54) is 6.20 Å². The molecule has 0 aromatic carbocycles. The van der Waals surface area contributed by atoms with E-state index in [2.05, 4.69) is 10.2 Å². The first-order valence-corrected chi connectivity index (χ1v) is 4.10. The van der Waals surface area contributed by atoms with Crippen LogP contribution in [0.3, 0.4) is 0 Å². The maximum atomic E-state index is 10.1. The van der Waals surface area contributed by atoms with Crippen molar-refractivity contribution in [1.82, 2.24) is 10.2 Å². The number of nitrogens with zero attached hydrogens (tertiary/aromatic N) is 2. The Morgan fingerprint density at radius 3 is 2.92 bits per heavy atom. The lowest BCUT2D eigenvalue weighted by Crippen LogP contribution is -1.95. The quantitative estimate of drug-likeness (QED) is 0.708. The van der Waals surface area contributed by atoms with Crippen molar-refractivity contribution in [3.8, 4) is 0 Å². The number of carbonyl (C=O) groups is 1. The van der Waals surface area contributed by atoms with Gasteiger partial charge in [-0.15, -0.1) is 0 Å². The topological polar surface area (TPSA) is 42.9 Å². The van der Waals surface area contributed by atoms with Crippen LogP contribution in [-0.4, -0.2) is 16.5 Å². The number of aromatic nitrogens is 2. The molecule has 0 fully saturated rings. The van der Waals surface area contributed by atoms with Gasteiger partial charge >= 0.3 is 0 Å². The van der Waals surface area contributed by atoms with Crippen LogP contribution in [0.1, 0.15) is 12.1 Å². The number of aryl methyl sites for hydroxylation is 1. The molecule has 1 rings (SSSR count). The zero-order valence-corrected chi connectivity index (χ0v) is 7.64.